The summed E-state index contributed by atoms with van der Waals surface area (Å²) in [5.74, 6) is 2.34. The molecular formula is C24H24N2O4. The minimum absolute atomic E-state index is 0.00433. The third kappa shape index (κ3) is 4.08. The van der Waals surface area contributed by atoms with Crippen molar-refractivity contribution >= 4 is 17.5 Å². The quantitative estimate of drug-likeness (QED) is 0.680. The Morgan fingerprint density at radius 1 is 1.13 bits per heavy atom. The number of carbonyl (C=O) groups is 2. The van der Waals surface area contributed by atoms with Gasteiger partial charge < -0.3 is 19.4 Å². The molecule has 2 amide bonds. The van der Waals surface area contributed by atoms with Gasteiger partial charge in [0.05, 0.1) is 7.11 Å². The van der Waals surface area contributed by atoms with Gasteiger partial charge in [0.15, 0.2) is 0 Å². The Kier molecular flexibility index (Phi) is 5.57. The first-order valence-corrected chi connectivity index (χ1v) is 10.0. The molecule has 0 unspecified atom stereocenters. The monoisotopic (exact) mass is 404 g/mol. The van der Waals surface area contributed by atoms with E-state index in [1.807, 2.05) is 42.2 Å². The minimum Gasteiger partial charge on any atom is -0.497 e. The summed E-state index contributed by atoms with van der Waals surface area (Å²) in [5, 5.41) is 2.87. The summed E-state index contributed by atoms with van der Waals surface area (Å²) in [6.45, 7) is 2.94. The van der Waals surface area contributed by atoms with E-state index in [9.17, 15) is 9.59 Å². The summed E-state index contributed by atoms with van der Waals surface area (Å²) in [4.78, 5) is 26.4. The minimum atomic E-state index is -0.0291. The molecule has 1 aromatic heterocycles. The van der Waals surface area contributed by atoms with Gasteiger partial charge in [-0.05, 0) is 42.5 Å². The Labute approximate surface area is 175 Å². The lowest BCUT2D eigenvalue weighted by atomic mass is 10.1. The topological polar surface area (TPSA) is 71.8 Å². The fourth-order valence-corrected chi connectivity index (χ4v) is 3.56. The van der Waals surface area contributed by atoms with E-state index in [4.69, 9.17) is 9.15 Å². The van der Waals surface area contributed by atoms with Crippen molar-refractivity contribution < 1.29 is 18.7 Å². The average Bonchev–Trinajstić information content (AvgIpc) is 3.22. The number of anilines is 1. The van der Waals surface area contributed by atoms with Crippen molar-refractivity contribution in [3.05, 3.63) is 71.5 Å². The Morgan fingerprint density at radius 2 is 1.93 bits per heavy atom. The molecule has 154 valence electrons. The molecule has 6 nitrogen and oxygen atoms in total. The van der Waals surface area contributed by atoms with Crippen molar-refractivity contribution in [2.45, 2.75) is 26.3 Å². The molecule has 1 aliphatic rings. The predicted octanol–water partition coefficient (Wildman–Crippen LogP) is 4.50. The molecule has 2 heterocycles. The zero-order chi connectivity index (χ0) is 21.1. The van der Waals surface area contributed by atoms with Crippen molar-refractivity contribution in [3.63, 3.8) is 0 Å². The second-order valence-electron chi connectivity index (χ2n) is 7.25. The number of methoxy groups -OCH3 is 1. The zero-order valence-electron chi connectivity index (χ0n) is 17.1. The van der Waals surface area contributed by atoms with Gasteiger partial charge in [-0.15, -0.1) is 0 Å². The summed E-state index contributed by atoms with van der Waals surface area (Å²) in [6, 6.07) is 16.7. The molecule has 0 atom stereocenters. The fraction of sp³-hybridized carbons (Fsp3) is 0.250. The molecule has 0 aliphatic carbocycles. The van der Waals surface area contributed by atoms with E-state index < -0.39 is 0 Å². The number of fused-ring (bicyclic) bond motifs is 1. The number of rotatable bonds is 5. The van der Waals surface area contributed by atoms with Gasteiger partial charge in [0.25, 0.3) is 5.91 Å². The van der Waals surface area contributed by atoms with Crippen LogP contribution < -0.4 is 10.1 Å². The first-order chi connectivity index (χ1) is 14.6. The van der Waals surface area contributed by atoms with Crippen LogP contribution in [0.5, 0.6) is 5.75 Å². The molecule has 4 rings (SSSR count). The Hall–Kier alpha value is -3.54. The molecule has 1 aliphatic heterocycles. The van der Waals surface area contributed by atoms with Gasteiger partial charge in [-0.3, -0.25) is 9.59 Å². The van der Waals surface area contributed by atoms with Crippen molar-refractivity contribution in [2.24, 2.45) is 0 Å². The highest BCUT2D eigenvalue weighted by atomic mass is 16.5. The van der Waals surface area contributed by atoms with Crippen LogP contribution in [-0.2, 0) is 17.8 Å². The Bertz CT molecular complexity index is 1070. The number of amides is 2. The summed E-state index contributed by atoms with van der Waals surface area (Å²) in [6.07, 6.45) is 1.10. The average molecular weight is 404 g/mol. The molecule has 0 bridgehead atoms. The van der Waals surface area contributed by atoms with E-state index in [1.165, 1.54) is 0 Å². The number of carbonyl (C=O) groups excluding carboxylic acids is 2. The van der Waals surface area contributed by atoms with E-state index in [2.05, 4.69) is 5.32 Å². The highest BCUT2D eigenvalue weighted by Crippen LogP contribution is 2.31. The van der Waals surface area contributed by atoms with Crippen LogP contribution >= 0.6 is 0 Å². The number of furan rings is 1. The molecule has 2 aromatic carbocycles. The maximum Gasteiger partial charge on any atom is 0.254 e. The second-order valence-corrected chi connectivity index (χ2v) is 7.25. The highest BCUT2D eigenvalue weighted by Gasteiger charge is 2.25. The molecule has 0 saturated heterocycles. The molecule has 0 radical (unpaired) electrons. The number of benzene rings is 2. The summed E-state index contributed by atoms with van der Waals surface area (Å²) in [5.41, 5.74) is 3.29. The molecule has 0 saturated carbocycles. The molecule has 0 fully saturated rings. The van der Waals surface area contributed by atoms with Crippen LogP contribution in [0.4, 0.5) is 5.69 Å². The van der Waals surface area contributed by atoms with Gasteiger partial charge in [0.1, 0.15) is 17.3 Å². The Morgan fingerprint density at radius 3 is 2.67 bits per heavy atom. The molecular weight excluding hydrogens is 380 g/mol. The highest BCUT2D eigenvalue weighted by molar-refractivity contribution is 5.94. The van der Waals surface area contributed by atoms with Crippen molar-refractivity contribution in [2.75, 3.05) is 19.0 Å². The van der Waals surface area contributed by atoms with Crippen LogP contribution in [0.2, 0.25) is 0 Å². The van der Waals surface area contributed by atoms with Crippen LogP contribution in [0.3, 0.4) is 0 Å². The maximum absolute atomic E-state index is 12.9. The predicted molar refractivity (Wildman–Crippen MR) is 115 cm³/mol. The van der Waals surface area contributed by atoms with Gasteiger partial charge in [-0.25, -0.2) is 0 Å². The Balaban J connectivity index is 1.51. The lowest BCUT2D eigenvalue weighted by Gasteiger charge is -2.26. The maximum atomic E-state index is 12.9. The zero-order valence-corrected chi connectivity index (χ0v) is 17.1. The summed E-state index contributed by atoms with van der Waals surface area (Å²) in [7, 11) is 1.60. The van der Waals surface area contributed by atoms with Crippen LogP contribution in [0, 0.1) is 0 Å². The molecule has 30 heavy (non-hydrogen) atoms. The lowest BCUT2D eigenvalue weighted by Crippen LogP contribution is -2.35. The molecule has 3 aromatic rings. The molecule has 1 N–H and O–H groups in total. The fourth-order valence-electron chi connectivity index (χ4n) is 3.56. The summed E-state index contributed by atoms with van der Waals surface area (Å²) < 4.78 is 11.2. The second kappa shape index (κ2) is 8.45. The van der Waals surface area contributed by atoms with Crippen molar-refractivity contribution in [1.29, 1.82) is 0 Å². The third-order valence-corrected chi connectivity index (χ3v) is 5.24. The van der Waals surface area contributed by atoms with Crippen LogP contribution in [0.1, 0.15) is 35.0 Å². The first-order valence-electron chi connectivity index (χ1n) is 10.0. The van der Waals surface area contributed by atoms with E-state index in [0.29, 0.717) is 31.5 Å². The lowest BCUT2D eigenvalue weighted by molar-refractivity contribution is -0.115. The van der Waals surface area contributed by atoms with Gasteiger partial charge in [0.2, 0.25) is 5.91 Å². The van der Waals surface area contributed by atoms with Gasteiger partial charge >= 0.3 is 0 Å². The summed E-state index contributed by atoms with van der Waals surface area (Å²) >= 11 is 0. The third-order valence-electron chi connectivity index (χ3n) is 5.24. The van der Waals surface area contributed by atoms with Crippen LogP contribution in [0.25, 0.3) is 11.3 Å². The number of hydrogen-bond acceptors (Lipinski definition) is 4. The van der Waals surface area contributed by atoms with Gasteiger partial charge in [-0.1, -0.05) is 19.1 Å². The molecule has 0 spiro atoms. The van der Waals surface area contributed by atoms with Crippen molar-refractivity contribution in [1.82, 2.24) is 4.90 Å². The molecule has 6 heteroatoms. The first kappa shape index (κ1) is 19.8. The van der Waals surface area contributed by atoms with E-state index in [0.717, 1.165) is 34.1 Å². The largest absolute Gasteiger partial charge is 0.497 e. The van der Waals surface area contributed by atoms with E-state index in [1.54, 1.807) is 31.4 Å². The number of ether oxygens (including phenoxy) is 1. The van der Waals surface area contributed by atoms with Gasteiger partial charge in [-0.2, -0.15) is 0 Å². The van der Waals surface area contributed by atoms with Gasteiger partial charge in [0, 0.05) is 48.3 Å². The number of nitrogens with zero attached hydrogens (tertiary/aromatic N) is 1. The van der Waals surface area contributed by atoms with E-state index >= 15 is 0 Å². The normalized spacial score (nSPS) is 12.9. The van der Waals surface area contributed by atoms with E-state index in [-0.39, 0.29) is 11.8 Å². The van der Waals surface area contributed by atoms with Crippen molar-refractivity contribution in [3.8, 4) is 17.1 Å². The van der Waals surface area contributed by atoms with Crippen LogP contribution in [0.15, 0.2) is 59.0 Å². The smallest absolute Gasteiger partial charge is 0.254 e. The standard InChI is InChI=1S/C24H24N2O4/c1-3-23(27)25-19-6-4-5-17(13-19)22-14-18-15-26(12-11-21(18)30-22)24(28)16-7-9-20(29-2)10-8-16/h4-10,13-14H,3,11-12,15H2,1-2H3,(H,25,27). The van der Waals surface area contributed by atoms with Crippen LogP contribution in [-0.4, -0.2) is 30.4 Å². The number of hydrogen-bond donors (Lipinski definition) is 1. The number of nitrogens with one attached hydrogen (secondary N) is 1. The SMILES string of the molecule is CCC(=O)Nc1cccc(-c2cc3c(o2)CCN(C(=O)c2ccc(OC)cc2)C3)c1.